The maximum atomic E-state index is 12.1. The molecule has 0 fully saturated rings. The van der Waals surface area contributed by atoms with Crippen LogP contribution >= 0.6 is 23.2 Å². The standard InChI is InChI=1S/C14H12Cl2N2O/c1-8-5-6-9(12(17)7-8)14(19)18-13-10(15)3-2-4-11(13)16/h2-7H,17H2,1H3,(H,18,19). The van der Waals surface area contributed by atoms with Crippen LogP contribution in [-0.4, -0.2) is 5.91 Å². The van der Waals surface area contributed by atoms with Gasteiger partial charge in [0.05, 0.1) is 21.3 Å². The summed E-state index contributed by atoms with van der Waals surface area (Å²) in [5, 5.41) is 3.43. The van der Waals surface area contributed by atoms with E-state index in [4.69, 9.17) is 28.9 Å². The van der Waals surface area contributed by atoms with Crippen molar-refractivity contribution in [2.75, 3.05) is 11.1 Å². The number of rotatable bonds is 2. The van der Waals surface area contributed by atoms with Crippen LogP contribution in [-0.2, 0) is 0 Å². The lowest BCUT2D eigenvalue weighted by atomic mass is 10.1. The molecule has 0 unspecified atom stereocenters. The number of carbonyl (C=O) groups is 1. The first-order chi connectivity index (χ1) is 8.99. The van der Waals surface area contributed by atoms with Gasteiger partial charge >= 0.3 is 0 Å². The lowest BCUT2D eigenvalue weighted by Crippen LogP contribution is -2.14. The van der Waals surface area contributed by atoms with Gasteiger partial charge in [-0.15, -0.1) is 0 Å². The van der Waals surface area contributed by atoms with E-state index in [9.17, 15) is 4.79 Å². The Hall–Kier alpha value is -1.71. The summed E-state index contributed by atoms with van der Waals surface area (Å²) in [4.78, 5) is 12.1. The summed E-state index contributed by atoms with van der Waals surface area (Å²) in [5.41, 5.74) is 8.01. The molecule has 2 aromatic rings. The predicted octanol–water partition coefficient (Wildman–Crippen LogP) is 4.14. The number of para-hydroxylation sites is 1. The third kappa shape index (κ3) is 3.00. The molecule has 2 rings (SSSR count). The zero-order chi connectivity index (χ0) is 14.0. The molecule has 3 N–H and O–H groups in total. The number of hydrogen-bond donors (Lipinski definition) is 2. The van der Waals surface area contributed by atoms with Crippen molar-refractivity contribution in [1.82, 2.24) is 0 Å². The van der Waals surface area contributed by atoms with Crippen molar-refractivity contribution < 1.29 is 4.79 Å². The van der Waals surface area contributed by atoms with Gasteiger partial charge in [-0.25, -0.2) is 0 Å². The minimum atomic E-state index is -0.340. The molecule has 0 atom stereocenters. The minimum Gasteiger partial charge on any atom is -0.398 e. The number of amides is 1. The van der Waals surface area contributed by atoms with Crippen LogP contribution in [0.25, 0.3) is 0 Å². The molecule has 19 heavy (non-hydrogen) atoms. The SMILES string of the molecule is Cc1ccc(C(=O)Nc2c(Cl)cccc2Cl)c(N)c1. The summed E-state index contributed by atoms with van der Waals surface area (Å²) in [6, 6.07) is 10.2. The number of nitrogens with one attached hydrogen (secondary N) is 1. The van der Waals surface area contributed by atoms with Crippen molar-refractivity contribution in [2.24, 2.45) is 0 Å². The quantitative estimate of drug-likeness (QED) is 0.818. The maximum Gasteiger partial charge on any atom is 0.257 e. The lowest BCUT2D eigenvalue weighted by molar-refractivity contribution is 0.102. The van der Waals surface area contributed by atoms with Crippen molar-refractivity contribution in [2.45, 2.75) is 6.92 Å². The van der Waals surface area contributed by atoms with Gasteiger partial charge in [0.2, 0.25) is 0 Å². The summed E-state index contributed by atoms with van der Waals surface area (Å²) in [5.74, 6) is -0.340. The van der Waals surface area contributed by atoms with Crippen LogP contribution in [0.1, 0.15) is 15.9 Å². The number of hydrogen-bond acceptors (Lipinski definition) is 2. The second kappa shape index (κ2) is 5.51. The normalized spacial score (nSPS) is 10.3. The summed E-state index contributed by atoms with van der Waals surface area (Å²) in [6.45, 7) is 1.91. The number of benzene rings is 2. The fourth-order valence-electron chi connectivity index (χ4n) is 1.69. The molecule has 2 aromatic carbocycles. The fourth-order valence-corrected chi connectivity index (χ4v) is 2.18. The van der Waals surface area contributed by atoms with Gasteiger partial charge in [0.1, 0.15) is 0 Å². The molecule has 0 saturated carbocycles. The number of nitrogen functional groups attached to an aromatic ring is 1. The molecule has 98 valence electrons. The highest BCUT2D eigenvalue weighted by molar-refractivity contribution is 6.40. The Labute approximate surface area is 121 Å². The summed E-state index contributed by atoms with van der Waals surface area (Å²) in [6.07, 6.45) is 0. The number of anilines is 2. The van der Waals surface area contributed by atoms with E-state index < -0.39 is 0 Å². The molecule has 0 radical (unpaired) electrons. The van der Waals surface area contributed by atoms with Crippen LogP contribution in [0, 0.1) is 6.92 Å². The Morgan fingerprint density at radius 2 is 1.79 bits per heavy atom. The molecule has 0 bridgehead atoms. The summed E-state index contributed by atoms with van der Waals surface area (Å²) >= 11 is 12.0. The Bertz CT molecular complexity index is 621. The molecule has 5 heteroatoms. The van der Waals surface area contributed by atoms with Gasteiger partial charge in [-0.05, 0) is 36.8 Å². The molecule has 0 saturated heterocycles. The fraction of sp³-hybridized carbons (Fsp3) is 0.0714. The maximum absolute atomic E-state index is 12.1. The Morgan fingerprint density at radius 1 is 1.16 bits per heavy atom. The molecular weight excluding hydrogens is 283 g/mol. The average molecular weight is 295 g/mol. The van der Waals surface area contributed by atoms with Crippen LogP contribution in [0.2, 0.25) is 10.0 Å². The van der Waals surface area contributed by atoms with Crippen molar-refractivity contribution in [3.05, 3.63) is 57.6 Å². The van der Waals surface area contributed by atoms with E-state index in [-0.39, 0.29) is 5.91 Å². The zero-order valence-electron chi connectivity index (χ0n) is 10.2. The molecule has 0 spiro atoms. The number of nitrogens with two attached hydrogens (primary N) is 1. The molecule has 0 aromatic heterocycles. The molecule has 0 aliphatic heterocycles. The van der Waals surface area contributed by atoms with E-state index in [0.717, 1.165) is 5.56 Å². The van der Waals surface area contributed by atoms with Gasteiger partial charge in [0.15, 0.2) is 0 Å². The highest BCUT2D eigenvalue weighted by Gasteiger charge is 2.13. The highest BCUT2D eigenvalue weighted by atomic mass is 35.5. The van der Waals surface area contributed by atoms with E-state index in [2.05, 4.69) is 5.32 Å². The largest absolute Gasteiger partial charge is 0.398 e. The molecule has 0 aliphatic rings. The van der Waals surface area contributed by atoms with E-state index in [1.165, 1.54) is 0 Å². The number of carbonyl (C=O) groups excluding carboxylic acids is 1. The molecule has 3 nitrogen and oxygen atoms in total. The Balaban J connectivity index is 2.31. The summed E-state index contributed by atoms with van der Waals surface area (Å²) < 4.78 is 0. The smallest absolute Gasteiger partial charge is 0.257 e. The van der Waals surface area contributed by atoms with Crippen LogP contribution in [0.4, 0.5) is 11.4 Å². The van der Waals surface area contributed by atoms with Crippen molar-refractivity contribution in [3.8, 4) is 0 Å². The minimum absolute atomic E-state index is 0.340. The van der Waals surface area contributed by atoms with Gasteiger partial charge in [0, 0.05) is 5.69 Å². The molecule has 1 amide bonds. The van der Waals surface area contributed by atoms with Crippen molar-refractivity contribution in [1.29, 1.82) is 0 Å². The number of halogens is 2. The van der Waals surface area contributed by atoms with E-state index >= 15 is 0 Å². The first kappa shape index (κ1) is 13.7. The van der Waals surface area contributed by atoms with Crippen molar-refractivity contribution >= 4 is 40.5 Å². The predicted molar refractivity (Wildman–Crippen MR) is 80.0 cm³/mol. The van der Waals surface area contributed by atoms with Crippen LogP contribution in [0.15, 0.2) is 36.4 Å². The molecule has 0 aliphatic carbocycles. The number of aryl methyl sites for hydroxylation is 1. The van der Waals surface area contributed by atoms with Crippen LogP contribution < -0.4 is 11.1 Å². The monoisotopic (exact) mass is 294 g/mol. The average Bonchev–Trinajstić information content (AvgIpc) is 2.33. The topological polar surface area (TPSA) is 55.1 Å². The van der Waals surface area contributed by atoms with Crippen molar-refractivity contribution in [3.63, 3.8) is 0 Å². The zero-order valence-corrected chi connectivity index (χ0v) is 11.7. The van der Waals surface area contributed by atoms with Crippen LogP contribution in [0.5, 0.6) is 0 Å². The lowest BCUT2D eigenvalue weighted by Gasteiger charge is -2.10. The second-order valence-electron chi connectivity index (χ2n) is 4.14. The molecular formula is C14H12Cl2N2O. The Morgan fingerprint density at radius 3 is 2.37 bits per heavy atom. The third-order valence-electron chi connectivity index (χ3n) is 2.65. The van der Waals surface area contributed by atoms with Gasteiger partial charge in [-0.3, -0.25) is 4.79 Å². The first-order valence-electron chi connectivity index (χ1n) is 5.60. The Kier molecular flexibility index (Phi) is 3.98. The summed E-state index contributed by atoms with van der Waals surface area (Å²) in [7, 11) is 0. The van der Waals surface area contributed by atoms with Gasteiger partial charge < -0.3 is 11.1 Å². The molecule has 0 heterocycles. The van der Waals surface area contributed by atoms with E-state index in [1.807, 2.05) is 13.0 Å². The second-order valence-corrected chi connectivity index (χ2v) is 4.96. The van der Waals surface area contributed by atoms with Gasteiger partial charge in [0.25, 0.3) is 5.91 Å². The van der Waals surface area contributed by atoms with E-state index in [1.54, 1.807) is 30.3 Å². The van der Waals surface area contributed by atoms with Crippen LogP contribution in [0.3, 0.4) is 0 Å². The van der Waals surface area contributed by atoms with Gasteiger partial charge in [-0.2, -0.15) is 0 Å². The first-order valence-corrected chi connectivity index (χ1v) is 6.36. The van der Waals surface area contributed by atoms with E-state index in [0.29, 0.717) is 27.0 Å². The highest BCUT2D eigenvalue weighted by Crippen LogP contribution is 2.30. The third-order valence-corrected chi connectivity index (χ3v) is 3.28. The van der Waals surface area contributed by atoms with Gasteiger partial charge in [-0.1, -0.05) is 35.3 Å².